The molecule has 0 saturated carbocycles. The molecule has 13 heteroatoms. The van der Waals surface area contributed by atoms with Gasteiger partial charge in [-0.3, -0.25) is 0 Å². The minimum absolute atomic E-state index is 0.195. The highest BCUT2D eigenvalue weighted by molar-refractivity contribution is 5.87. The van der Waals surface area contributed by atoms with Crippen molar-refractivity contribution in [2.24, 2.45) is 0 Å². The quantitative estimate of drug-likeness (QED) is 0.0439. The van der Waals surface area contributed by atoms with E-state index in [2.05, 4.69) is 22.6 Å². The van der Waals surface area contributed by atoms with E-state index in [0.29, 0.717) is 49.0 Å². The lowest BCUT2D eigenvalue weighted by atomic mass is 10.0. The second-order valence-corrected chi connectivity index (χ2v) is 12.9. The van der Waals surface area contributed by atoms with Crippen LogP contribution >= 0.6 is 0 Å². The van der Waals surface area contributed by atoms with E-state index >= 15 is 17.6 Å². The van der Waals surface area contributed by atoms with E-state index in [9.17, 15) is 22.8 Å². The van der Waals surface area contributed by atoms with E-state index in [4.69, 9.17) is 9.47 Å². The number of ether oxygens (including phenoxy) is 4. The zero-order chi connectivity index (χ0) is 39.9. The first-order chi connectivity index (χ1) is 25.4. The largest absolute Gasteiger partial charge is 0.462 e. The van der Waals surface area contributed by atoms with Gasteiger partial charge in [-0.15, -0.1) is 0 Å². The number of carbonyl (C=O) groups excluding carboxylic acids is 2. The number of esters is 2. The lowest BCUT2D eigenvalue weighted by Crippen LogP contribution is -2.24. The molecule has 0 fully saturated rings. The van der Waals surface area contributed by atoms with Crippen molar-refractivity contribution >= 4 is 11.9 Å². The molecule has 0 unspecified atom stereocenters. The van der Waals surface area contributed by atoms with Gasteiger partial charge in [0.1, 0.15) is 17.1 Å². The Hall–Kier alpha value is -4.81. The van der Waals surface area contributed by atoms with Crippen LogP contribution in [-0.2, 0) is 50.3 Å². The second-order valence-electron chi connectivity index (χ2n) is 12.9. The lowest BCUT2D eigenvalue weighted by Gasteiger charge is -2.23. The maximum atomic E-state index is 15.1. The highest BCUT2D eigenvalue weighted by Crippen LogP contribution is 2.43. The van der Waals surface area contributed by atoms with Crippen LogP contribution in [0.4, 0.5) is 30.7 Å². The van der Waals surface area contributed by atoms with Gasteiger partial charge in [-0.1, -0.05) is 63.1 Å². The van der Waals surface area contributed by atoms with Crippen molar-refractivity contribution in [2.45, 2.75) is 96.4 Å². The van der Waals surface area contributed by atoms with Gasteiger partial charge in [0.2, 0.25) is 0 Å². The summed E-state index contributed by atoms with van der Waals surface area (Å²) in [5.41, 5.74) is -0.907. The first kappa shape index (κ1) is 43.6. The first-order valence-electron chi connectivity index (χ1n) is 17.6. The molecule has 0 aliphatic heterocycles. The highest BCUT2D eigenvalue weighted by Gasteiger charge is 2.42. The summed E-state index contributed by atoms with van der Waals surface area (Å²) < 4.78 is 121. The molecule has 0 saturated heterocycles. The van der Waals surface area contributed by atoms with Crippen molar-refractivity contribution in [2.75, 3.05) is 13.2 Å². The normalized spacial score (nSPS) is 11.9. The third-order valence-corrected chi connectivity index (χ3v) is 8.20. The van der Waals surface area contributed by atoms with Crippen LogP contribution in [0, 0.1) is 0 Å². The average molecular weight is 767 g/mol. The monoisotopic (exact) mass is 766 g/mol. The fourth-order valence-corrected chi connectivity index (χ4v) is 5.16. The van der Waals surface area contributed by atoms with Gasteiger partial charge in [0, 0.05) is 11.1 Å². The van der Waals surface area contributed by atoms with Gasteiger partial charge >= 0.3 is 30.3 Å². The number of carbonyl (C=O) groups is 2. The molecule has 54 heavy (non-hydrogen) atoms. The van der Waals surface area contributed by atoms with E-state index in [1.807, 2.05) is 0 Å². The predicted molar refractivity (Wildman–Crippen MR) is 189 cm³/mol. The Morgan fingerprint density at radius 1 is 0.556 bits per heavy atom. The van der Waals surface area contributed by atoms with Crippen molar-refractivity contribution in [3.05, 3.63) is 119 Å². The molecule has 0 aliphatic rings. The minimum Gasteiger partial charge on any atom is -0.462 e. The van der Waals surface area contributed by atoms with Crippen molar-refractivity contribution in [3.8, 4) is 11.5 Å². The lowest BCUT2D eigenvalue weighted by molar-refractivity contribution is -0.193. The zero-order valence-electron chi connectivity index (χ0n) is 30.3. The summed E-state index contributed by atoms with van der Waals surface area (Å²) in [7, 11) is 0. The van der Waals surface area contributed by atoms with E-state index in [0.717, 1.165) is 73.9 Å². The number of alkyl halides is 7. The molecule has 0 N–H and O–H groups in total. The van der Waals surface area contributed by atoms with Crippen LogP contribution in [0.15, 0.2) is 91.0 Å². The molecule has 0 spiro atoms. The molecule has 3 aromatic carbocycles. The number of aryl methyl sites for hydroxylation is 2. The van der Waals surface area contributed by atoms with Crippen LogP contribution in [-0.4, -0.2) is 25.2 Å². The summed E-state index contributed by atoms with van der Waals surface area (Å²) in [6, 6.07) is 11.5. The summed E-state index contributed by atoms with van der Waals surface area (Å²) in [6.07, 6.45) is -6.33. The van der Waals surface area contributed by atoms with Crippen LogP contribution in [0.5, 0.6) is 11.5 Å². The van der Waals surface area contributed by atoms with Crippen LogP contribution in [0.2, 0.25) is 0 Å². The van der Waals surface area contributed by atoms with Gasteiger partial charge in [-0.25, -0.2) is 9.59 Å². The number of halogens is 7. The van der Waals surface area contributed by atoms with Gasteiger partial charge in [0.25, 0.3) is 0 Å². The smallest absolute Gasteiger partial charge is 0.426 e. The standard InChI is InChI=1S/C41H45F7O6/c1-28(2)37(49)51-25-11-7-5-9-13-30-15-19-32(20-16-30)40(45,46)53-34-23-24-36(35(27-34)39(42,43)44)54-41(47,48)33-21-17-31(18-22-33)14-10-6-8-12-26-52-38(50)29(3)4/h15-24,27H,1,3,5-14,25-26H2,2,4H3. The van der Waals surface area contributed by atoms with Gasteiger partial charge in [0.05, 0.1) is 24.3 Å². The third-order valence-electron chi connectivity index (χ3n) is 8.20. The number of hydrogen-bond donors (Lipinski definition) is 0. The third kappa shape index (κ3) is 14.2. The molecule has 0 atom stereocenters. The summed E-state index contributed by atoms with van der Waals surface area (Å²) >= 11 is 0. The summed E-state index contributed by atoms with van der Waals surface area (Å²) in [5.74, 6) is -3.07. The molecular weight excluding hydrogens is 721 g/mol. The Labute approximate surface area is 310 Å². The Bertz CT molecular complexity index is 1700. The van der Waals surface area contributed by atoms with Crippen LogP contribution in [0.25, 0.3) is 0 Å². The summed E-state index contributed by atoms with van der Waals surface area (Å²) in [5, 5.41) is 0. The summed E-state index contributed by atoms with van der Waals surface area (Å²) in [4.78, 5) is 22.8. The van der Waals surface area contributed by atoms with E-state index < -0.39 is 58.5 Å². The van der Waals surface area contributed by atoms with E-state index in [-0.39, 0.29) is 19.3 Å². The SMILES string of the molecule is C=C(C)C(=O)OCCCCCCc1ccc(C(F)(F)Oc2ccc(OC(F)(F)c3ccc(CCCCCCOC(=O)C(=C)C)cc3)c(C(F)(F)F)c2)cc1. The molecule has 3 aromatic rings. The molecule has 0 bridgehead atoms. The Morgan fingerprint density at radius 2 is 0.963 bits per heavy atom. The van der Waals surface area contributed by atoms with Crippen molar-refractivity contribution in [1.29, 1.82) is 0 Å². The number of hydrogen-bond acceptors (Lipinski definition) is 6. The molecule has 6 nitrogen and oxygen atoms in total. The molecule has 0 aromatic heterocycles. The fourth-order valence-electron chi connectivity index (χ4n) is 5.16. The van der Waals surface area contributed by atoms with Crippen molar-refractivity contribution < 1.29 is 59.3 Å². The Balaban J connectivity index is 1.55. The van der Waals surface area contributed by atoms with Crippen LogP contribution in [0.3, 0.4) is 0 Å². The van der Waals surface area contributed by atoms with Gasteiger partial charge in [0.15, 0.2) is 0 Å². The Morgan fingerprint density at radius 3 is 1.37 bits per heavy atom. The molecule has 0 amide bonds. The maximum Gasteiger partial charge on any atom is 0.426 e. The van der Waals surface area contributed by atoms with Crippen molar-refractivity contribution in [3.63, 3.8) is 0 Å². The number of unbranched alkanes of at least 4 members (excludes halogenated alkanes) is 6. The van der Waals surface area contributed by atoms with Crippen LogP contribution in [0.1, 0.15) is 93.0 Å². The van der Waals surface area contributed by atoms with E-state index in [1.54, 1.807) is 13.8 Å². The maximum absolute atomic E-state index is 15.1. The van der Waals surface area contributed by atoms with Crippen LogP contribution < -0.4 is 9.47 Å². The molecule has 3 rings (SSSR count). The molecule has 0 radical (unpaired) electrons. The number of rotatable bonds is 22. The van der Waals surface area contributed by atoms with Gasteiger partial charge < -0.3 is 18.9 Å². The zero-order valence-corrected chi connectivity index (χ0v) is 30.3. The average Bonchev–Trinajstić information content (AvgIpc) is 3.10. The van der Waals surface area contributed by atoms with Gasteiger partial charge in [-0.2, -0.15) is 30.7 Å². The molecular formula is C41H45F7O6. The molecule has 0 heterocycles. The minimum atomic E-state index is -5.24. The Kier molecular flexibility index (Phi) is 16.2. The fraction of sp³-hybridized carbons (Fsp3) is 0.415. The molecule has 0 aliphatic carbocycles. The number of benzene rings is 3. The summed E-state index contributed by atoms with van der Waals surface area (Å²) in [6.45, 7) is 10.7. The molecule has 294 valence electrons. The van der Waals surface area contributed by atoms with Crippen molar-refractivity contribution in [1.82, 2.24) is 0 Å². The predicted octanol–water partition coefficient (Wildman–Crippen LogP) is 11.4. The first-order valence-corrected chi connectivity index (χ1v) is 17.6. The highest BCUT2D eigenvalue weighted by atomic mass is 19.4. The topological polar surface area (TPSA) is 71.1 Å². The second kappa shape index (κ2) is 20.0. The van der Waals surface area contributed by atoms with E-state index in [1.165, 1.54) is 24.3 Å². The van der Waals surface area contributed by atoms with Gasteiger partial charge in [-0.05, 0) is 106 Å².